The highest BCUT2D eigenvalue weighted by Gasteiger charge is 2.32. The van der Waals surface area contributed by atoms with E-state index in [-0.39, 0.29) is 12.4 Å². The number of nitrogens with zero attached hydrogens (tertiary/aromatic N) is 2. The second-order valence-electron chi connectivity index (χ2n) is 5.00. The van der Waals surface area contributed by atoms with Gasteiger partial charge in [0.05, 0.1) is 0 Å². The molecule has 0 amide bonds. The first-order valence-corrected chi connectivity index (χ1v) is 7.91. The molecule has 110 valence electrons. The first-order chi connectivity index (χ1) is 9.09. The molecule has 3 rings (SSSR count). The lowest BCUT2D eigenvalue weighted by Crippen LogP contribution is -2.46. The van der Waals surface area contributed by atoms with Crippen molar-refractivity contribution < 1.29 is 8.42 Å². The van der Waals surface area contributed by atoms with Crippen LogP contribution < -0.4 is 5.32 Å². The molecule has 5 nitrogen and oxygen atoms in total. The number of piperidine rings is 1. The lowest BCUT2D eigenvalue weighted by atomic mass is 10.0. The molecule has 0 saturated carbocycles. The lowest BCUT2D eigenvalue weighted by molar-refractivity contribution is 0.294. The first-order valence-electron chi connectivity index (χ1n) is 6.47. The van der Waals surface area contributed by atoms with Crippen LogP contribution in [0.1, 0.15) is 18.4 Å². The minimum Gasteiger partial charge on any atom is -0.354 e. The third-order valence-electron chi connectivity index (χ3n) is 3.77. The van der Waals surface area contributed by atoms with Crippen molar-refractivity contribution in [2.24, 2.45) is 4.40 Å². The van der Waals surface area contributed by atoms with Gasteiger partial charge in [-0.3, -0.25) is 0 Å². The third-order valence-corrected chi connectivity index (χ3v) is 5.09. The summed E-state index contributed by atoms with van der Waals surface area (Å²) in [4.78, 5) is 2.32. The zero-order valence-corrected chi connectivity index (χ0v) is 12.9. The Morgan fingerprint density at radius 2 is 2.10 bits per heavy atom. The molecule has 0 aromatic heterocycles. The number of halogens is 1. The van der Waals surface area contributed by atoms with E-state index in [1.54, 1.807) is 12.1 Å². The van der Waals surface area contributed by atoms with E-state index in [1.807, 2.05) is 24.1 Å². The van der Waals surface area contributed by atoms with E-state index >= 15 is 0 Å². The Bertz CT molecular complexity index is 624. The van der Waals surface area contributed by atoms with Crippen molar-refractivity contribution in [1.29, 1.82) is 0 Å². The van der Waals surface area contributed by atoms with Gasteiger partial charge in [0.2, 0.25) is 0 Å². The minimum absolute atomic E-state index is 0. The van der Waals surface area contributed by atoms with Crippen molar-refractivity contribution in [2.75, 3.05) is 20.1 Å². The van der Waals surface area contributed by atoms with Gasteiger partial charge in [0.1, 0.15) is 4.90 Å². The van der Waals surface area contributed by atoms with E-state index in [4.69, 9.17) is 0 Å². The smallest absolute Gasteiger partial charge is 0.285 e. The minimum atomic E-state index is -3.51. The molecule has 2 aliphatic heterocycles. The number of sulfonamides is 1. The Hall–Kier alpha value is -1.11. The normalized spacial score (nSPS) is 23.4. The largest absolute Gasteiger partial charge is 0.354 e. The zero-order chi connectivity index (χ0) is 13.5. The molecule has 1 N–H and O–H groups in total. The SMILES string of the molecule is CN(C1=NS(=O)(=O)c2ccccc21)C1CCCNC1.Cl. The van der Waals surface area contributed by atoms with Crippen molar-refractivity contribution in [1.82, 2.24) is 10.2 Å². The maximum absolute atomic E-state index is 12.0. The number of amidine groups is 1. The predicted octanol–water partition coefficient (Wildman–Crippen LogP) is 1.24. The van der Waals surface area contributed by atoms with E-state index in [1.165, 1.54) is 0 Å². The number of hydrogen-bond acceptors (Lipinski definition) is 4. The van der Waals surface area contributed by atoms with E-state index in [0.29, 0.717) is 16.8 Å². The maximum atomic E-state index is 12.0. The van der Waals surface area contributed by atoms with Crippen LogP contribution in [0.25, 0.3) is 0 Å². The standard InChI is InChI=1S/C13H17N3O2S.ClH/c1-16(10-5-4-8-14-9-10)13-11-6-2-3-7-12(11)19(17,18)15-13;/h2-3,6-7,10,14H,4-5,8-9H2,1H3;1H. The fourth-order valence-electron chi connectivity index (χ4n) is 2.68. The molecule has 0 radical (unpaired) electrons. The molecule has 0 aliphatic carbocycles. The van der Waals surface area contributed by atoms with E-state index in [2.05, 4.69) is 9.71 Å². The van der Waals surface area contributed by atoms with Crippen molar-refractivity contribution in [3.63, 3.8) is 0 Å². The van der Waals surface area contributed by atoms with Gasteiger partial charge in [-0.05, 0) is 31.5 Å². The van der Waals surface area contributed by atoms with Gasteiger partial charge in [-0.1, -0.05) is 12.1 Å². The summed E-state index contributed by atoms with van der Waals surface area (Å²) < 4.78 is 28.0. The average Bonchev–Trinajstić information content (AvgIpc) is 2.72. The van der Waals surface area contributed by atoms with E-state index < -0.39 is 10.0 Å². The molecule has 1 aromatic carbocycles. The zero-order valence-electron chi connectivity index (χ0n) is 11.2. The Morgan fingerprint density at radius 1 is 1.35 bits per heavy atom. The van der Waals surface area contributed by atoms with Crippen molar-refractivity contribution >= 4 is 28.3 Å². The summed E-state index contributed by atoms with van der Waals surface area (Å²) in [6.45, 7) is 1.91. The Kier molecular flexibility index (Phi) is 4.36. The lowest BCUT2D eigenvalue weighted by Gasteiger charge is -2.33. The molecule has 0 bridgehead atoms. The fraction of sp³-hybridized carbons (Fsp3) is 0.462. The second kappa shape index (κ2) is 5.71. The number of benzene rings is 1. The fourth-order valence-corrected chi connectivity index (χ4v) is 3.92. The molecule has 2 aliphatic rings. The van der Waals surface area contributed by atoms with Gasteiger partial charge >= 0.3 is 0 Å². The second-order valence-corrected chi connectivity index (χ2v) is 6.57. The number of likely N-dealkylation sites (N-methyl/N-ethyl adjacent to an activating group) is 1. The first kappa shape index (κ1) is 15.3. The quantitative estimate of drug-likeness (QED) is 0.847. The van der Waals surface area contributed by atoms with Gasteiger partial charge in [0.25, 0.3) is 10.0 Å². The highest BCUT2D eigenvalue weighted by Crippen LogP contribution is 2.28. The molecule has 20 heavy (non-hydrogen) atoms. The van der Waals surface area contributed by atoms with Crippen LogP contribution in [0.15, 0.2) is 33.6 Å². The third kappa shape index (κ3) is 2.55. The van der Waals surface area contributed by atoms with Crippen molar-refractivity contribution in [2.45, 2.75) is 23.8 Å². The number of rotatable bonds is 1. The number of fused-ring (bicyclic) bond motifs is 1. The summed E-state index contributed by atoms with van der Waals surface area (Å²) in [5, 5.41) is 3.34. The molecular weight excluding hydrogens is 298 g/mol. The van der Waals surface area contributed by atoms with Crippen molar-refractivity contribution in [3.8, 4) is 0 Å². The van der Waals surface area contributed by atoms with Gasteiger partial charge in [-0.15, -0.1) is 16.8 Å². The van der Waals surface area contributed by atoms with Crippen LogP contribution in [0.3, 0.4) is 0 Å². The monoisotopic (exact) mass is 315 g/mol. The maximum Gasteiger partial charge on any atom is 0.285 e. The van der Waals surface area contributed by atoms with Crippen molar-refractivity contribution in [3.05, 3.63) is 29.8 Å². The predicted molar refractivity (Wildman–Crippen MR) is 81.1 cm³/mol. The molecule has 0 spiro atoms. The molecule has 1 unspecified atom stereocenters. The van der Waals surface area contributed by atoms with Crippen LogP contribution in [0.4, 0.5) is 0 Å². The van der Waals surface area contributed by atoms with Crippen LogP contribution >= 0.6 is 12.4 Å². The summed E-state index contributed by atoms with van der Waals surface area (Å²) >= 11 is 0. The molecule has 1 atom stereocenters. The van der Waals surface area contributed by atoms with Gasteiger partial charge in [-0.25, -0.2) is 0 Å². The molecule has 1 fully saturated rings. The molecule has 7 heteroatoms. The summed E-state index contributed by atoms with van der Waals surface area (Å²) in [5.74, 6) is 0.573. The molecule has 2 heterocycles. The summed E-state index contributed by atoms with van der Waals surface area (Å²) in [5.41, 5.74) is 0.718. The van der Waals surface area contributed by atoms with Gasteiger partial charge < -0.3 is 10.2 Å². The summed E-state index contributed by atoms with van der Waals surface area (Å²) in [7, 11) is -1.59. The van der Waals surface area contributed by atoms with E-state index in [0.717, 1.165) is 31.5 Å². The number of hydrogen-bond donors (Lipinski definition) is 1. The highest BCUT2D eigenvalue weighted by molar-refractivity contribution is 7.90. The summed E-state index contributed by atoms with van der Waals surface area (Å²) in [6.07, 6.45) is 2.17. The van der Waals surface area contributed by atoms with Crippen LogP contribution in [0.5, 0.6) is 0 Å². The van der Waals surface area contributed by atoms with Crippen LogP contribution in [0, 0.1) is 0 Å². The Balaban J connectivity index is 0.00000147. The Morgan fingerprint density at radius 3 is 2.80 bits per heavy atom. The van der Waals surface area contributed by atoms with Crippen LogP contribution in [-0.2, 0) is 10.0 Å². The molecule has 1 saturated heterocycles. The topological polar surface area (TPSA) is 61.8 Å². The van der Waals surface area contributed by atoms with Gasteiger partial charge in [0.15, 0.2) is 5.84 Å². The molecule has 1 aromatic rings. The summed E-state index contributed by atoms with van der Waals surface area (Å²) in [6, 6.07) is 7.33. The van der Waals surface area contributed by atoms with E-state index in [9.17, 15) is 8.42 Å². The average molecular weight is 316 g/mol. The van der Waals surface area contributed by atoms with Gasteiger partial charge in [0, 0.05) is 25.2 Å². The van der Waals surface area contributed by atoms with Crippen LogP contribution in [-0.4, -0.2) is 45.3 Å². The number of nitrogens with one attached hydrogen (secondary N) is 1. The highest BCUT2D eigenvalue weighted by atomic mass is 35.5. The van der Waals surface area contributed by atoms with Crippen LogP contribution in [0.2, 0.25) is 0 Å². The Labute approximate surface area is 125 Å². The molecular formula is C13H18ClN3O2S. The van der Waals surface area contributed by atoms with Gasteiger partial charge in [-0.2, -0.15) is 8.42 Å².